The number of halogens is 1. The van der Waals surface area contributed by atoms with E-state index in [4.69, 9.17) is 5.73 Å². The third kappa shape index (κ3) is 2.85. The maximum absolute atomic E-state index is 13.5. The number of hydrogen-bond acceptors (Lipinski definition) is 3. The molecular weight excluding hydrogens is 265 g/mol. The lowest BCUT2D eigenvalue weighted by Gasteiger charge is -2.46. The number of aryl methyl sites for hydroxylation is 1. The summed E-state index contributed by atoms with van der Waals surface area (Å²) in [5.41, 5.74) is 7.93. The molecule has 0 radical (unpaired) electrons. The van der Waals surface area contributed by atoms with Gasteiger partial charge in [0.15, 0.2) is 0 Å². The van der Waals surface area contributed by atoms with Crippen LogP contribution in [0.25, 0.3) is 0 Å². The quantitative estimate of drug-likeness (QED) is 0.927. The van der Waals surface area contributed by atoms with Crippen molar-refractivity contribution in [3.63, 3.8) is 0 Å². The van der Waals surface area contributed by atoms with Crippen LogP contribution in [0, 0.1) is 12.7 Å². The first-order valence-electron chi connectivity index (χ1n) is 8.06. The van der Waals surface area contributed by atoms with Crippen molar-refractivity contribution in [1.82, 2.24) is 9.80 Å². The Hall–Kier alpha value is -0.970. The molecule has 0 saturated carbocycles. The molecule has 2 saturated heterocycles. The standard InChI is InChI=1S/C17H26FN3/c1-12-8-14(5-6-16(12)18)17(9-19)21-11-15-4-3-7-20(15)10-13(21)2/h5-6,8,13,15,17H,3-4,7,9-11,19H2,1-2H3. The van der Waals surface area contributed by atoms with Crippen LogP contribution in [0.1, 0.15) is 36.9 Å². The number of nitrogens with zero attached hydrogens (tertiary/aromatic N) is 2. The third-order valence-electron chi connectivity index (χ3n) is 5.18. The van der Waals surface area contributed by atoms with Crippen LogP contribution < -0.4 is 5.73 Å². The van der Waals surface area contributed by atoms with Crippen molar-refractivity contribution >= 4 is 0 Å². The summed E-state index contributed by atoms with van der Waals surface area (Å²) in [5, 5.41) is 0. The van der Waals surface area contributed by atoms with Gasteiger partial charge in [-0.15, -0.1) is 0 Å². The molecule has 0 spiro atoms. The van der Waals surface area contributed by atoms with Crippen molar-refractivity contribution in [3.8, 4) is 0 Å². The van der Waals surface area contributed by atoms with Gasteiger partial charge >= 0.3 is 0 Å². The number of nitrogens with two attached hydrogens (primary N) is 1. The molecule has 3 unspecified atom stereocenters. The lowest BCUT2D eigenvalue weighted by molar-refractivity contribution is 0.0296. The Balaban J connectivity index is 1.83. The van der Waals surface area contributed by atoms with Crippen LogP contribution in [-0.2, 0) is 0 Å². The van der Waals surface area contributed by atoms with Gasteiger partial charge in [-0.05, 0) is 50.4 Å². The first-order valence-corrected chi connectivity index (χ1v) is 8.06. The molecule has 3 rings (SSSR count). The molecule has 0 aromatic heterocycles. The molecule has 2 N–H and O–H groups in total. The first kappa shape index (κ1) is 14.9. The van der Waals surface area contributed by atoms with Gasteiger partial charge < -0.3 is 5.73 Å². The topological polar surface area (TPSA) is 32.5 Å². The summed E-state index contributed by atoms with van der Waals surface area (Å²) in [6, 6.07) is 6.80. The molecule has 1 aromatic carbocycles. The fourth-order valence-electron chi connectivity index (χ4n) is 3.98. The van der Waals surface area contributed by atoms with Crippen LogP contribution in [0.3, 0.4) is 0 Å². The van der Waals surface area contributed by atoms with E-state index < -0.39 is 0 Å². The van der Waals surface area contributed by atoms with Crippen molar-refractivity contribution < 1.29 is 4.39 Å². The SMILES string of the molecule is Cc1cc(C(CN)N2CC3CCCN3CC2C)ccc1F. The Labute approximate surface area is 126 Å². The summed E-state index contributed by atoms with van der Waals surface area (Å²) in [5.74, 6) is -0.136. The van der Waals surface area contributed by atoms with E-state index >= 15 is 0 Å². The molecule has 3 nitrogen and oxygen atoms in total. The second-order valence-corrected chi connectivity index (χ2v) is 6.60. The Kier molecular flexibility index (Phi) is 4.29. The highest BCUT2D eigenvalue weighted by Gasteiger charge is 2.37. The first-order chi connectivity index (χ1) is 10.1. The molecule has 2 heterocycles. The number of hydrogen-bond donors (Lipinski definition) is 1. The second-order valence-electron chi connectivity index (χ2n) is 6.60. The van der Waals surface area contributed by atoms with Gasteiger partial charge in [-0.1, -0.05) is 12.1 Å². The molecule has 2 aliphatic heterocycles. The number of benzene rings is 1. The Morgan fingerprint density at radius 3 is 2.90 bits per heavy atom. The van der Waals surface area contributed by atoms with Gasteiger partial charge in [-0.25, -0.2) is 4.39 Å². The van der Waals surface area contributed by atoms with Gasteiger partial charge in [0.2, 0.25) is 0 Å². The van der Waals surface area contributed by atoms with E-state index in [2.05, 4.69) is 16.7 Å². The van der Waals surface area contributed by atoms with Crippen LogP contribution in [0.15, 0.2) is 18.2 Å². The van der Waals surface area contributed by atoms with Crippen molar-refractivity contribution in [2.75, 3.05) is 26.2 Å². The average Bonchev–Trinajstić information content (AvgIpc) is 2.90. The molecule has 0 bridgehead atoms. The van der Waals surface area contributed by atoms with Crippen LogP contribution in [0.2, 0.25) is 0 Å². The lowest BCUT2D eigenvalue weighted by Crippen LogP contribution is -2.56. The zero-order chi connectivity index (χ0) is 15.0. The number of rotatable bonds is 3. The second kappa shape index (κ2) is 6.03. The zero-order valence-corrected chi connectivity index (χ0v) is 13.1. The van der Waals surface area contributed by atoms with Gasteiger partial charge in [0.25, 0.3) is 0 Å². The van der Waals surface area contributed by atoms with E-state index in [1.54, 1.807) is 6.07 Å². The minimum absolute atomic E-state index is 0.136. The Bertz CT molecular complexity index is 505. The molecule has 1 aromatic rings. The highest BCUT2D eigenvalue weighted by Crippen LogP contribution is 2.31. The third-order valence-corrected chi connectivity index (χ3v) is 5.18. The zero-order valence-electron chi connectivity index (χ0n) is 13.1. The van der Waals surface area contributed by atoms with Crippen LogP contribution in [0.4, 0.5) is 4.39 Å². The van der Waals surface area contributed by atoms with Crippen molar-refractivity contribution in [3.05, 3.63) is 35.1 Å². The highest BCUT2D eigenvalue weighted by molar-refractivity contribution is 5.27. The van der Waals surface area contributed by atoms with Gasteiger partial charge in [0.1, 0.15) is 5.82 Å². The van der Waals surface area contributed by atoms with E-state index in [0.29, 0.717) is 24.2 Å². The predicted octanol–water partition coefficient (Wildman–Crippen LogP) is 2.30. The van der Waals surface area contributed by atoms with Crippen LogP contribution in [0.5, 0.6) is 0 Å². The maximum atomic E-state index is 13.5. The summed E-state index contributed by atoms with van der Waals surface area (Å²) < 4.78 is 13.5. The van der Waals surface area contributed by atoms with E-state index in [9.17, 15) is 4.39 Å². The normalized spacial score (nSPS) is 28.6. The van der Waals surface area contributed by atoms with E-state index in [-0.39, 0.29) is 11.9 Å². The monoisotopic (exact) mass is 291 g/mol. The molecule has 4 heteroatoms. The number of fused-ring (bicyclic) bond motifs is 1. The van der Waals surface area contributed by atoms with Crippen molar-refractivity contribution in [1.29, 1.82) is 0 Å². The summed E-state index contributed by atoms with van der Waals surface area (Å²) in [4.78, 5) is 5.14. The summed E-state index contributed by atoms with van der Waals surface area (Å²) in [7, 11) is 0. The summed E-state index contributed by atoms with van der Waals surface area (Å²) in [6.07, 6.45) is 2.61. The number of piperazine rings is 1. The highest BCUT2D eigenvalue weighted by atomic mass is 19.1. The molecule has 0 aliphatic carbocycles. The van der Waals surface area contributed by atoms with Gasteiger partial charge in [0, 0.05) is 37.8 Å². The Morgan fingerprint density at radius 2 is 2.19 bits per heavy atom. The van der Waals surface area contributed by atoms with E-state index in [1.165, 1.54) is 19.4 Å². The fourth-order valence-corrected chi connectivity index (χ4v) is 3.98. The molecule has 21 heavy (non-hydrogen) atoms. The van der Waals surface area contributed by atoms with Gasteiger partial charge in [-0.3, -0.25) is 9.80 Å². The summed E-state index contributed by atoms with van der Waals surface area (Å²) >= 11 is 0. The molecule has 3 atom stereocenters. The van der Waals surface area contributed by atoms with E-state index in [0.717, 1.165) is 18.7 Å². The molecule has 2 fully saturated rings. The largest absolute Gasteiger partial charge is 0.329 e. The van der Waals surface area contributed by atoms with Crippen molar-refractivity contribution in [2.45, 2.75) is 44.8 Å². The fraction of sp³-hybridized carbons (Fsp3) is 0.647. The van der Waals surface area contributed by atoms with Crippen molar-refractivity contribution in [2.24, 2.45) is 5.73 Å². The lowest BCUT2D eigenvalue weighted by atomic mass is 9.98. The maximum Gasteiger partial charge on any atom is 0.126 e. The molecular formula is C17H26FN3. The van der Waals surface area contributed by atoms with Gasteiger partial charge in [0.05, 0.1) is 0 Å². The van der Waals surface area contributed by atoms with E-state index in [1.807, 2.05) is 19.1 Å². The molecule has 0 amide bonds. The summed E-state index contributed by atoms with van der Waals surface area (Å²) in [6.45, 7) is 8.15. The predicted molar refractivity (Wildman–Crippen MR) is 83.7 cm³/mol. The average molecular weight is 291 g/mol. The minimum Gasteiger partial charge on any atom is -0.329 e. The van der Waals surface area contributed by atoms with Gasteiger partial charge in [-0.2, -0.15) is 0 Å². The molecule has 2 aliphatic rings. The molecule has 116 valence electrons. The van der Waals surface area contributed by atoms with Crippen LogP contribution in [-0.4, -0.2) is 48.1 Å². The Morgan fingerprint density at radius 1 is 1.38 bits per heavy atom. The smallest absolute Gasteiger partial charge is 0.126 e. The van der Waals surface area contributed by atoms with Crippen LogP contribution >= 0.6 is 0 Å². The minimum atomic E-state index is -0.136.